The number of halogens is 1. The number of aryl methyl sites for hydroxylation is 1. The van der Waals surface area contributed by atoms with Gasteiger partial charge in [0.05, 0.1) is 9.85 Å². The number of anilines is 1. The van der Waals surface area contributed by atoms with Gasteiger partial charge in [-0.25, -0.2) is 0 Å². The molecule has 0 heterocycles. The Morgan fingerprint density at radius 3 is 2.35 bits per heavy atom. The Balaban J connectivity index is 2.29. The summed E-state index contributed by atoms with van der Waals surface area (Å²) in [4.78, 5) is 32.5. The number of nitro groups is 2. The molecule has 0 aliphatic heterocycles. The third-order valence-corrected chi connectivity index (χ3v) is 3.38. The van der Waals surface area contributed by atoms with Crippen LogP contribution in [0.4, 0.5) is 17.1 Å². The molecular weight excluding hydrogens is 326 g/mol. The minimum absolute atomic E-state index is 0.122. The zero-order valence-corrected chi connectivity index (χ0v) is 12.5. The first-order valence-corrected chi connectivity index (χ1v) is 6.67. The van der Waals surface area contributed by atoms with Crippen molar-refractivity contribution in [3.8, 4) is 0 Å². The first-order chi connectivity index (χ1) is 10.8. The molecule has 0 aliphatic carbocycles. The minimum atomic E-state index is -0.640. The van der Waals surface area contributed by atoms with E-state index in [0.29, 0.717) is 5.56 Å². The number of benzene rings is 2. The van der Waals surface area contributed by atoms with Crippen LogP contribution in [-0.2, 0) is 0 Å². The van der Waals surface area contributed by atoms with Crippen LogP contribution in [0.15, 0.2) is 36.4 Å². The van der Waals surface area contributed by atoms with Crippen LogP contribution >= 0.6 is 11.6 Å². The highest BCUT2D eigenvalue weighted by molar-refractivity contribution is 6.33. The van der Waals surface area contributed by atoms with E-state index in [2.05, 4.69) is 5.32 Å². The number of non-ortho nitro benzene ring substituents is 1. The second-order valence-electron chi connectivity index (χ2n) is 4.63. The lowest BCUT2D eigenvalue weighted by molar-refractivity contribution is -0.385. The molecular formula is C14H10ClN3O5. The quantitative estimate of drug-likeness (QED) is 0.675. The summed E-state index contributed by atoms with van der Waals surface area (Å²) < 4.78 is 0. The maximum absolute atomic E-state index is 12.2. The van der Waals surface area contributed by atoms with Crippen LogP contribution in [0.1, 0.15) is 15.9 Å². The molecule has 0 unspecified atom stereocenters. The zero-order valence-electron chi connectivity index (χ0n) is 11.8. The Kier molecular flexibility index (Phi) is 4.56. The van der Waals surface area contributed by atoms with Gasteiger partial charge in [0.2, 0.25) is 0 Å². The predicted octanol–water partition coefficient (Wildman–Crippen LogP) is 3.72. The summed E-state index contributed by atoms with van der Waals surface area (Å²) in [6.07, 6.45) is 0. The van der Waals surface area contributed by atoms with Gasteiger partial charge in [-0.05, 0) is 24.6 Å². The van der Waals surface area contributed by atoms with Crippen LogP contribution in [0.2, 0.25) is 5.02 Å². The molecule has 0 bridgehead atoms. The lowest BCUT2D eigenvalue weighted by Gasteiger charge is -2.08. The molecule has 0 radical (unpaired) electrons. The Bertz CT molecular complexity index is 822. The number of carbonyl (C=O) groups excluding carboxylic acids is 1. The molecule has 2 aromatic carbocycles. The van der Waals surface area contributed by atoms with Gasteiger partial charge in [-0.1, -0.05) is 17.7 Å². The number of nitrogens with zero attached hydrogens (tertiary/aromatic N) is 2. The van der Waals surface area contributed by atoms with E-state index >= 15 is 0 Å². The summed E-state index contributed by atoms with van der Waals surface area (Å²) in [7, 11) is 0. The second-order valence-corrected chi connectivity index (χ2v) is 5.04. The van der Waals surface area contributed by atoms with Crippen LogP contribution in [0.25, 0.3) is 0 Å². The molecule has 118 valence electrons. The van der Waals surface area contributed by atoms with Crippen molar-refractivity contribution in [2.45, 2.75) is 6.92 Å². The van der Waals surface area contributed by atoms with E-state index in [4.69, 9.17) is 11.6 Å². The van der Waals surface area contributed by atoms with Gasteiger partial charge in [0.15, 0.2) is 0 Å². The van der Waals surface area contributed by atoms with Crippen molar-refractivity contribution < 1.29 is 14.6 Å². The van der Waals surface area contributed by atoms with Gasteiger partial charge in [0.1, 0.15) is 5.02 Å². The average molecular weight is 336 g/mol. The summed E-state index contributed by atoms with van der Waals surface area (Å²) in [6.45, 7) is 1.64. The summed E-state index contributed by atoms with van der Waals surface area (Å²) in [5.41, 5.74) is 0.449. The maximum atomic E-state index is 12.2. The Morgan fingerprint density at radius 1 is 1.09 bits per heavy atom. The molecule has 1 amide bonds. The predicted molar refractivity (Wildman–Crippen MR) is 83.9 cm³/mol. The van der Waals surface area contributed by atoms with Crippen molar-refractivity contribution in [1.82, 2.24) is 0 Å². The van der Waals surface area contributed by atoms with Gasteiger partial charge >= 0.3 is 0 Å². The fourth-order valence-electron chi connectivity index (χ4n) is 1.90. The molecule has 23 heavy (non-hydrogen) atoms. The molecule has 1 N–H and O–H groups in total. The molecule has 0 atom stereocenters. The van der Waals surface area contributed by atoms with Crippen molar-refractivity contribution in [2.75, 3.05) is 5.32 Å². The first kappa shape index (κ1) is 16.4. The van der Waals surface area contributed by atoms with E-state index in [1.165, 1.54) is 24.3 Å². The van der Waals surface area contributed by atoms with Crippen molar-refractivity contribution in [2.24, 2.45) is 0 Å². The maximum Gasteiger partial charge on any atom is 0.288 e. The molecule has 2 aromatic rings. The van der Waals surface area contributed by atoms with Crippen LogP contribution in [-0.4, -0.2) is 15.8 Å². The van der Waals surface area contributed by atoms with Crippen molar-refractivity contribution in [1.29, 1.82) is 0 Å². The molecule has 2 rings (SSSR count). The smallest absolute Gasteiger partial charge is 0.288 e. The van der Waals surface area contributed by atoms with E-state index in [1.54, 1.807) is 6.92 Å². The van der Waals surface area contributed by atoms with Crippen molar-refractivity contribution in [3.05, 3.63) is 72.8 Å². The van der Waals surface area contributed by atoms with E-state index in [1.807, 2.05) is 0 Å². The summed E-state index contributed by atoms with van der Waals surface area (Å²) in [5, 5.41) is 23.9. The van der Waals surface area contributed by atoms with Crippen molar-refractivity contribution in [3.63, 3.8) is 0 Å². The number of hydrogen-bond donors (Lipinski definition) is 1. The van der Waals surface area contributed by atoms with Gasteiger partial charge in [-0.3, -0.25) is 25.0 Å². The number of nitrogens with one attached hydrogen (secondary N) is 1. The highest BCUT2D eigenvalue weighted by atomic mass is 35.5. The number of nitro benzene ring substituents is 2. The van der Waals surface area contributed by atoms with E-state index in [9.17, 15) is 25.0 Å². The van der Waals surface area contributed by atoms with Gasteiger partial charge in [0, 0.05) is 29.4 Å². The van der Waals surface area contributed by atoms with Gasteiger partial charge in [-0.15, -0.1) is 0 Å². The molecule has 0 saturated carbocycles. The molecule has 0 spiro atoms. The number of carbonyl (C=O) groups is 1. The van der Waals surface area contributed by atoms with Crippen LogP contribution in [0, 0.1) is 27.2 Å². The highest BCUT2D eigenvalue weighted by Crippen LogP contribution is 2.27. The fourth-order valence-corrected chi connectivity index (χ4v) is 2.15. The lowest BCUT2D eigenvalue weighted by Crippen LogP contribution is -2.13. The van der Waals surface area contributed by atoms with E-state index in [0.717, 1.165) is 12.1 Å². The first-order valence-electron chi connectivity index (χ1n) is 6.30. The summed E-state index contributed by atoms with van der Waals surface area (Å²) >= 11 is 5.77. The van der Waals surface area contributed by atoms with Crippen molar-refractivity contribution >= 4 is 34.6 Å². The van der Waals surface area contributed by atoms with Gasteiger partial charge in [-0.2, -0.15) is 0 Å². The molecule has 0 aromatic heterocycles. The minimum Gasteiger partial charge on any atom is -0.322 e. The molecule has 0 fully saturated rings. The fraction of sp³-hybridized carbons (Fsp3) is 0.0714. The van der Waals surface area contributed by atoms with Crippen LogP contribution < -0.4 is 5.32 Å². The van der Waals surface area contributed by atoms with Crippen LogP contribution in [0.3, 0.4) is 0 Å². The third-order valence-electron chi connectivity index (χ3n) is 3.08. The zero-order chi connectivity index (χ0) is 17.1. The van der Waals surface area contributed by atoms with E-state index < -0.39 is 15.8 Å². The molecule has 8 nitrogen and oxygen atoms in total. The lowest BCUT2D eigenvalue weighted by atomic mass is 10.1. The molecule has 0 aliphatic rings. The molecule has 0 saturated heterocycles. The van der Waals surface area contributed by atoms with Gasteiger partial charge in [0.25, 0.3) is 17.3 Å². The largest absolute Gasteiger partial charge is 0.322 e. The SMILES string of the molecule is Cc1ccc([N+](=O)[O-])cc1C(=O)Nc1ccc([N+](=O)[O-])c(Cl)c1. The van der Waals surface area contributed by atoms with E-state index in [-0.39, 0.29) is 27.6 Å². The Hall–Kier alpha value is -3.00. The Morgan fingerprint density at radius 2 is 1.78 bits per heavy atom. The summed E-state index contributed by atoms with van der Waals surface area (Å²) in [6, 6.07) is 7.67. The standard InChI is InChI=1S/C14H10ClN3O5/c1-8-2-4-10(17(20)21)7-11(8)14(19)16-9-3-5-13(18(22)23)12(15)6-9/h2-7H,1H3,(H,16,19). The number of amides is 1. The topological polar surface area (TPSA) is 115 Å². The third kappa shape index (κ3) is 3.61. The summed E-state index contributed by atoms with van der Waals surface area (Å²) in [5.74, 6) is -0.573. The Labute approximate surface area is 135 Å². The van der Waals surface area contributed by atoms with Crippen LogP contribution in [0.5, 0.6) is 0 Å². The van der Waals surface area contributed by atoms with Gasteiger partial charge < -0.3 is 5.32 Å². The highest BCUT2D eigenvalue weighted by Gasteiger charge is 2.17. The monoisotopic (exact) mass is 335 g/mol. The average Bonchev–Trinajstić information content (AvgIpc) is 2.46. The number of hydrogen-bond acceptors (Lipinski definition) is 5. The second kappa shape index (κ2) is 6.41. The number of rotatable bonds is 4. The normalized spacial score (nSPS) is 10.2. The molecule has 9 heteroatoms.